The van der Waals surface area contributed by atoms with Gasteiger partial charge in [-0.15, -0.1) is 0 Å². The van der Waals surface area contributed by atoms with E-state index >= 15 is 0 Å². The summed E-state index contributed by atoms with van der Waals surface area (Å²) in [6.07, 6.45) is 7.11. The number of hydrogen-bond acceptors (Lipinski definition) is 9. The van der Waals surface area contributed by atoms with Gasteiger partial charge in [-0.05, 0) is 32.0 Å². The van der Waals surface area contributed by atoms with Crippen LogP contribution in [-0.4, -0.2) is 74.9 Å². The van der Waals surface area contributed by atoms with Crippen LogP contribution in [0.3, 0.4) is 0 Å². The molecule has 0 radical (unpaired) electrons. The molecule has 0 saturated heterocycles. The maximum atomic E-state index is 12.2. The van der Waals surface area contributed by atoms with Crippen LogP contribution in [-0.2, 0) is 24.4 Å². The van der Waals surface area contributed by atoms with Crippen molar-refractivity contribution in [1.29, 1.82) is 0 Å². The van der Waals surface area contributed by atoms with E-state index in [4.69, 9.17) is 4.84 Å². The second kappa shape index (κ2) is 13.4. The van der Waals surface area contributed by atoms with Gasteiger partial charge in [-0.2, -0.15) is 4.72 Å². The van der Waals surface area contributed by atoms with Gasteiger partial charge >= 0.3 is 5.97 Å². The first-order valence-corrected chi connectivity index (χ1v) is 12.5. The highest BCUT2D eigenvalue weighted by atomic mass is 32.2. The first-order valence-electron chi connectivity index (χ1n) is 10.9. The Morgan fingerprint density at radius 3 is 2.88 bits per heavy atom. The molecular weight excluding hydrogens is 440 g/mol. The van der Waals surface area contributed by atoms with E-state index in [1.165, 1.54) is 0 Å². The Hall–Kier alpha value is -2.22. The van der Waals surface area contributed by atoms with Gasteiger partial charge in [0.05, 0.1) is 17.9 Å². The third-order valence-electron chi connectivity index (χ3n) is 4.92. The standard InChI is InChI=1S/C19H34N6O6S/c1-2-3-10-32(29,30)25-16(18(27)28)13-23-17(26)12-14-11-15(31-24-14)6-4-7-20-19-21-8-5-9-22-19/h5,8,15-16,19-22,25H,2-4,6-7,9-13H2,1H3,(H,23,26)(H,27,28). The third kappa shape index (κ3) is 9.94. The van der Waals surface area contributed by atoms with Crippen LogP contribution in [0.15, 0.2) is 17.4 Å². The molecule has 0 saturated carbocycles. The number of unbranched alkanes of at least 4 members (excludes halogenated alkanes) is 1. The minimum absolute atomic E-state index is 0.0219. The van der Waals surface area contributed by atoms with E-state index < -0.39 is 27.9 Å². The Morgan fingerprint density at radius 2 is 2.19 bits per heavy atom. The van der Waals surface area contributed by atoms with E-state index in [1.807, 2.05) is 19.2 Å². The second-order valence-corrected chi connectivity index (χ2v) is 9.63. The first-order chi connectivity index (χ1) is 15.3. The molecule has 1 amide bonds. The lowest BCUT2D eigenvalue weighted by atomic mass is 10.1. The zero-order chi connectivity index (χ0) is 23.4. The lowest BCUT2D eigenvalue weighted by Crippen LogP contribution is -2.53. The average molecular weight is 475 g/mol. The average Bonchev–Trinajstić information content (AvgIpc) is 3.20. The SMILES string of the molecule is CCCCS(=O)(=O)NC(CNC(=O)CC1=NOC(CCCNC2NC=CCN2)C1)C(=O)O. The number of nitrogens with one attached hydrogen (secondary N) is 5. The maximum Gasteiger partial charge on any atom is 0.323 e. The molecule has 6 N–H and O–H groups in total. The summed E-state index contributed by atoms with van der Waals surface area (Å²) in [7, 11) is -3.73. The number of sulfonamides is 1. The number of hydrogen-bond donors (Lipinski definition) is 6. The number of carboxylic acids is 1. The molecule has 182 valence electrons. The topological polar surface area (TPSA) is 170 Å². The van der Waals surface area contributed by atoms with Crippen molar-refractivity contribution in [2.75, 3.05) is 25.4 Å². The van der Waals surface area contributed by atoms with Gasteiger partial charge in [-0.1, -0.05) is 24.6 Å². The lowest BCUT2D eigenvalue weighted by molar-refractivity contribution is -0.138. The largest absolute Gasteiger partial charge is 0.480 e. The van der Waals surface area contributed by atoms with Crippen LogP contribution < -0.4 is 26.0 Å². The highest BCUT2D eigenvalue weighted by Gasteiger charge is 2.26. The Bertz CT molecular complexity index is 787. The van der Waals surface area contributed by atoms with Gasteiger partial charge in [0.1, 0.15) is 18.4 Å². The number of oxime groups is 1. The molecule has 2 rings (SSSR count). The van der Waals surface area contributed by atoms with Gasteiger partial charge in [-0.3, -0.25) is 20.2 Å². The molecule has 2 aliphatic rings. The van der Waals surface area contributed by atoms with Crippen LogP contribution in [0.1, 0.15) is 45.4 Å². The minimum atomic E-state index is -3.73. The highest BCUT2D eigenvalue weighted by molar-refractivity contribution is 7.89. The van der Waals surface area contributed by atoms with Crippen molar-refractivity contribution in [2.45, 2.75) is 63.9 Å². The molecule has 0 spiro atoms. The number of carboxylic acid groups (broad SMARTS) is 1. The Kier molecular flexibility index (Phi) is 10.9. The summed E-state index contributed by atoms with van der Waals surface area (Å²) < 4.78 is 26.0. The fourth-order valence-electron chi connectivity index (χ4n) is 3.17. The van der Waals surface area contributed by atoms with E-state index in [1.54, 1.807) is 0 Å². The van der Waals surface area contributed by atoms with E-state index in [9.17, 15) is 23.1 Å². The predicted molar refractivity (Wildman–Crippen MR) is 119 cm³/mol. The van der Waals surface area contributed by atoms with Crippen molar-refractivity contribution in [3.63, 3.8) is 0 Å². The molecule has 13 heteroatoms. The van der Waals surface area contributed by atoms with E-state index in [0.717, 1.165) is 25.9 Å². The van der Waals surface area contributed by atoms with Crippen LogP contribution >= 0.6 is 0 Å². The second-order valence-electron chi connectivity index (χ2n) is 7.76. The van der Waals surface area contributed by atoms with Crippen molar-refractivity contribution in [1.82, 2.24) is 26.0 Å². The molecule has 0 bridgehead atoms. The lowest BCUT2D eigenvalue weighted by Gasteiger charge is -2.23. The molecule has 32 heavy (non-hydrogen) atoms. The Labute approximate surface area is 188 Å². The normalized spacial score (nSPS) is 21.3. The van der Waals surface area contributed by atoms with Gasteiger partial charge in [0.15, 0.2) is 0 Å². The van der Waals surface area contributed by atoms with Crippen LogP contribution in [0.5, 0.6) is 0 Å². The summed E-state index contributed by atoms with van der Waals surface area (Å²) in [4.78, 5) is 28.9. The summed E-state index contributed by atoms with van der Waals surface area (Å²) in [6, 6.07) is -1.42. The van der Waals surface area contributed by atoms with Crippen molar-refractivity contribution >= 4 is 27.6 Å². The molecule has 2 heterocycles. The summed E-state index contributed by atoms with van der Waals surface area (Å²) in [5.41, 5.74) is 0.580. The quantitative estimate of drug-likeness (QED) is 0.166. The van der Waals surface area contributed by atoms with Crippen LogP contribution in [0.4, 0.5) is 0 Å². The number of carbonyl (C=O) groups excluding carboxylic acids is 1. The van der Waals surface area contributed by atoms with Gasteiger partial charge in [0, 0.05) is 19.5 Å². The van der Waals surface area contributed by atoms with Crippen LogP contribution in [0.25, 0.3) is 0 Å². The van der Waals surface area contributed by atoms with E-state index in [-0.39, 0.29) is 31.1 Å². The maximum absolute atomic E-state index is 12.2. The van der Waals surface area contributed by atoms with Gasteiger partial charge in [0.25, 0.3) is 0 Å². The smallest absolute Gasteiger partial charge is 0.323 e. The Morgan fingerprint density at radius 1 is 1.38 bits per heavy atom. The summed E-state index contributed by atoms with van der Waals surface area (Å²) in [5.74, 6) is -1.94. The summed E-state index contributed by atoms with van der Waals surface area (Å²) >= 11 is 0. The summed E-state index contributed by atoms with van der Waals surface area (Å²) in [5, 5.41) is 25.4. The summed E-state index contributed by atoms with van der Waals surface area (Å²) in [6.45, 7) is 3.10. The van der Waals surface area contributed by atoms with Crippen molar-refractivity contribution in [3.8, 4) is 0 Å². The molecular formula is C19H34N6O6S. The van der Waals surface area contributed by atoms with Crippen molar-refractivity contribution in [3.05, 3.63) is 12.3 Å². The molecule has 0 aromatic heterocycles. The molecule has 0 aromatic carbocycles. The first kappa shape index (κ1) is 26.0. The number of aliphatic carboxylic acids is 1. The molecule has 0 fully saturated rings. The number of amides is 1. The van der Waals surface area contributed by atoms with Crippen molar-refractivity contribution in [2.24, 2.45) is 5.16 Å². The minimum Gasteiger partial charge on any atom is -0.480 e. The number of nitrogens with zero attached hydrogens (tertiary/aromatic N) is 1. The van der Waals surface area contributed by atoms with Gasteiger partial charge in [0.2, 0.25) is 15.9 Å². The van der Waals surface area contributed by atoms with Crippen LogP contribution in [0, 0.1) is 0 Å². The number of carbonyl (C=O) groups is 2. The molecule has 12 nitrogen and oxygen atoms in total. The number of rotatable bonds is 15. The molecule has 0 aliphatic carbocycles. The predicted octanol–water partition coefficient (Wildman–Crippen LogP) is -0.830. The van der Waals surface area contributed by atoms with Crippen LogP contribution in [0.2, 0.25) is 0 Å². The van der Waals surface area contributed by atoms with E-state index in [2.05, 4.69) is 31.1 Å². The zero-order valence-electron chi connectivity index (χ0n) is 18.3. The van der Waals surface area contributed by atoms with E-state index in [0.29, 0.717) is 25.0 Å². The fraction of sp³-hybridized carbons (Fsp3) is 0.737. The molecule has 3 atom stereocenters. The van der Waals surface area contributed by atoms with Crippen molar-refractivity contribution < 1.29 is 28.0 Å². The molecule has 0 aromatic rings. The van der Waals surface area contributed by atoms with Gasteiger partial charge in [-0.25, -0.2) is 8.42 Å². The monoisotopic (exact) mass is 474 g/mol. The molecule has 3 unspecified atom stereocenters. The van der Waals surface area contributed by atoms with Gasteiger partial charge < -0.3 is 20.6 Å². The highest BCUT2D eigenvalue weighted by Crippen LogP contribution is 2.17. The fourth-order valence-corrected chi connectivity index (χ4v) is 4.58. The third-order valence-corrected chi connectivity index (χ3v) is 6.39. The Balaban J connectivity index is 1.63. The zero-order valence-corrected chi connectivity index (χ0v) is 19.1. The molecule has 2 aliphatic heterocycles.